The largest absolute Gasteiger partial charge is 0.493 e. The number of nitrogens with zero attached hydrogens (tertiary/aromatic N) is 1. The number of hydrogen-bond donors (Lipinski definition) is 0. The number of methoxy groups -OCH3 is 1. The zero-order valence-electron chi connectivity index (χ0n) is 15.2. The SMILES string of the molecule is CCCOc1ccccc1/C=C/C(=O)N(CC(C)C(=O)OC)C1CC1. The Balaban J connectivity index is 2.05. The average molecular weight is 345 g/mol. The van der Waals surface area contributed by atoms with Gasteiger partial charge in [-0.15, -0.1) is 0 Å². The summed E-state index contributed by atoms with van der Waals surface area (Å²) < 4.78 is 10.5. The molecule has 1 aromatic carbocycles. The highest BCUT2D eigenvalue weighted by molar-refractivity contribution is 5.93. The van der Waals surface area contributed by atoms with E-state index in [2.05, 4.69) is 6.92 Å². The van der Waals surface area contributed by atoms with Gasteiger partial charge in [0.2, 0.25) is 5.91 Å². The standard InChI is InChI=1S/C20H27NO4/c1-4-13-25-18-8-6-5-7-16(18)9-12-19(22)21(17-10-11-17)14-15(2)20(23)24-3/h5-9,12,15,17H,4,10-11,13-14H2,1-3H3/b12-9+. The van der Waals surface area contributed by atoms with Crippen LogP contribution in [0.2, 0.25) is 0 Å². The summed E-state index contributed by atoms with van der Waals surface area (Å²) in [6, 6.07) is 7.89. The van der Waals surface area contributed by atoms with Crippen LogP contribution in [0.5, 0.6) is 5.75 Å². The summed E-state index contributed by atoms with van der Waals surface area (Å²) in [6.45, 7) is 4.86. The van der Waals surface area contributed by atoms with Crippen LogP contribution in [0.15, 0.2) is 30.3 Å². The monoisotopic (exact) mass is 345 g/mol. The maximum Gasteiger partial charge on any atom is 0.310 e. The summed E-state index contributed by atoms with van der Waals surface area (Å²) in [6.07, 6.45) is 6.26. The fourth-order valence-corrected chi connectivity index (χ4v) is 2.59. The van der Waals surface area contributed by atoms with E-state index in [0.29, 0.717) is 13.2 Å². The van der Waals surface area contributed by atoms with Crippen LogP contribution in [0.3, 0.4) is 0 Å². The van der Waals surface area contributed by atoms with Crippen LogP contribution in [0.4, 0.5) is 0 Å². The molecule has 1 aliphatic rings. The summed E-state index contributed by atoms with van der Waals surface area (Å²) in [5, 5.41) is 0. The first-order valence-electron chi connectivity index (χ1n) is 8.85. The lowest BCUT2D eigenvalue weighted by Crippen LogP contribution is -2.37. The van der Waals surface area contributed by atoms with Gasteiger partial charge in [0.1, 0.15) is 5.75 Å². The van der Waals surface area contributed by atoms with E-state index in [4.69, 9.17) is 9.47 Å². The number of rotatable bonds is 9. The highest BCUT2D eigenvalue weighted by Crippen LogP contribution is 2.28. The molecule has 1 fully saturated rings. The molecule has 1 aliphatic carbocycles. The fraction of sp³-hybridized carbons (Fsp3) is 0.500. The van der Waals surface area contributed by atoms with Crippen LogP contribution in [-0.4, -0.2) is 43.1 Å². The Morgan fingerprint density at radius 2 is 2.04 bits per heavy atom. The van der Waals surface area contributed by atoms with Gasteiger partial charge in [-0.05, 0) is 31.4 Å². The number of carbonyl (C=O) groups is 2. The molecule has 5 heteroatoms. The molecule has 2 rings (SSSR count). The normalized spacial score (nSPS) is 15.0. The van der Waals surface area contributed by atoms with Crippen molar-refractivity contribution in [2.75, 3.05) is 20.3 Å². The molecule has 25 heavy (non-hydrogen) atoms. The second-order valence-electron chi connectivity index (χ2n) is 6.37. The molecule has 5 nitrogen and oxygen atoms in total. The number of benzene rings is 1. The molecular weight excluding hydrogens is 318 g/mol. The first-order chi connectivity index (χ1) is 12.1. The highest BCUT2D eigenvalue weighted by Gasteiger charge is 2.33. The zero-order valence-corrected chi connectivity index (χ0v) is 15.2. The molecule has 0 aromatic heterocycles. The topological polar surface area (TPSA) is 55.8 Å². The van der Waals surface area contributed by atoms with Crippen molar-refractivity contribution in [2.24, 2.45) is 5.92 Å². The van der Waals surface area contributed by atoms with Gasteiger partial charge in [-0.2, -0.15) is 0 Å². The summed E-state index contributed by atoms with van der Waals surface area (Å²) in [5.41, 5.74) is 0.876. The Morgan fingerprint density at radius 1 is 1.32 bits per heavy atom. The minimum atomic E-state index is -0.330. The third-order valence-corrected chi connectivity index (χ3v) is 4.13. The van der Waals surface area contributed by atoms with Gasteiger partial charge in [0.15, 0.2) is 0 Å². The second kappa shape index (κ2) is 9.25. The number of amides is 1. The zero-order chi connectivity index (χ0) is 18.2. The highest BCUT2D eigenvalue weighted by atomic mass is 16.5. The molecule has 0 radical (unpaired) electrons. The predicted octanol–water partition coefficient (Wildman–Crippen LogP) is 3.29. The molecule has 1 unspecified atom stereocenters. The maximum atomic E-state index is 12.6. The van der Waals surface area contributed by atoms with E-state index in [9.17, 15) is 9.59 Å². The van der Waals surface area contributed by atoms with Gasteiger partial charge in [0, 0.05) is 24.2 Å². The fourth-order valence-electron chi connectivity index (χ4n) is 2.59. The third kappa shape index (κ3) is 5.62. The number of hydrogen-bond acceptors (Lipinski definition) is 4. The number of para-hydroxylation sites is 1. The summed E-state index contributed by atoms with van der Waals surface area (Å²) in [4.78, 5) is 26.0. The predicted molar refractivity (Wildman–Crippen MR) is 97.2 cm³/mol. The van der Waals surface area contributed by atoms with Crippen LogP contribution in [0.1, 0.15) is 38.7 Å². The van der Waals surface area contributed by atoms with Gasteiger partial charge in [-0.1, -0.05) is 32.0 Å². The minimum Gasteiger partial charge on any atom is -0.493 e. The molecular formula is C20H27NO4. The van der Waals surface area contributed by atoms with Crippen LogP contribution < -0.4 is 4.74 Å². The molecule has 0 aliphatic heterocycles. The summed E-state index contributed by atoms with van der Waals surface area (Å²) >= 11 is 0. The van der Waals surface area contributed by atoms with Crippen molar-refractivity contribution in [1.29, 1.82) is 0 Å². The number of carbonyl (C=O) groups excluding carboxylic acids is 2. The van der Waals surface area contributed by atoms with Crippen molar-refractivity contribution in [3.8, 4) is 5.75 Å². The minimum absolute atomic E-state index is 0.0800. The maximum absolute atomic E-state index is 12.6. The molecule has 0 N–H and O–H groups in total. The molecule has 1 amide bonds. The van der Waals surface area contributed by atoms with E-state index < -0.39 is 0 Å². The van der Waals surface area contributed by atoms with Gasteiger partial charge >= 0.3 is 5.97 Å². The van der Waals surface area contributed by atoms with Crippen LogP contribution >= 0.6 is 0 Å². The van der Waals surface area contributed by atoms with Gasteiger partial charge in [0.05, 0.1) is 19.6 Å². The summed E-state index contributed by atoms with van der Waals surface area (Å²) in [7, 11) is 1.37. The Labute approximate surface area is 149 Å². The lowest BCUT2D eigenvalue weighted by atomic mass is 10.1. The lowest BCUT2D eigenvalue weighted by molar-refractivity contribution is -0.146. The van der Waals surface area contributed by atoms with E-state index in [0.717, 1.165) is 30.6 Å². The molecule has 1 aromatic rings. The van der Waals surface area contributed by atoms with E-state index >= 15 is 0 Å². The van der Waals surface area contributed by atoms with Gasteiger partial charge in [-0.3, -0.25) is 9.59 Å². The van der Waals surface area contributed by atoms with E-state index in [1.54, 1.807) is 24.0 Å². The van der Waals surface area contributed by atoms with Crippen molar-refractivity contribution in [3.63, 3.8) is 0 Å². The van der Waals surface area contributed by atoms with Crippen LogP contribution in [-0.2, 0) is 14.3 Å². The van der Waals surface area contributed by atoms with Gasteiger partial charge < -0.3 is 14.4 Å². The van der Waals surface area contributed by atoms with E-state index in [1.165, 1.54) is 7.11 Å². The first-order valence-corrected chi connectivity index (χ1v) is 8.85. The first kappa shape index (κ1) is 19.0. The Bertz CT molecular complexity index is 622. The Kier molecular flexibility index (Phi) is 7.04. The van der Waals surface area contributed by atoms with Crippen molar-refractivity contribution < 1.29 is 19.1 Å². The van der Waals surface area contributed by atoms with Gasteiger partial charge in [0.25, 0.3) is 0 Å². The number of esters is 1. The second-order valence-corrected chi connectivity index (χ2v) is 6.37. The molecule has 0 spiro atoms. The van der Waals surface area contributed by atoms with E-state index in [1.807, 2.05) is 24.3 Å². The van der Waals surface area contributed by atoms with Crippen molar-refractivity contribution in [1.82, 2.24) is 4.90 Å². The van der Waals surface area contributed by atoms with Crippen LogP contribution in [0.25, 0.3) is 6.08 Å². The molecule has 136 valence electrons. The smallest absolute Gasteiger partial charge is 0.310 e. The van der Waals surface area contributed by atoms with E-state index in [-0.39, 0.29) is 23.8 Å². The average Bonchev–Trinajstić information content (AvgIpc) is 3.47. The molecule has 1 saturated carbocycles. The number of ether oxygens (including phenoxy) is 2. The quantitative estimate of drug-likeness (QED) is 0.509. The summed E-state index contributed by atoms with van der Waals surface area (Å²) in [5.74, 6) is 0.0710. The third-order valence-electron chi connectivity index (χ3n) is 4.13. The molecule has 0 heterocycles. The van der Waals surface area contributed by atoms with Crippen molar-refractivity contribution >= 4 is 18.0 Å². The van der Waals surface area contributed by atoms with Gasteiger partial charge in [-0.25, -0.2) is 0 Å². The van der Waals surface area contributed by atoms with Crippen molar-refractivity contribution in [2.45, 2.75) is 39.2 Å². The lowest BCUT2D eigenvalue weighted by Gasteiger charge is -2.23. The Hall–Kier alpha value is -2.30. The molecule has 1 atom stereocenters. The Morgan fingerprint density at radius 3 is 2.68 bits per heavy atom. The molecule has 0 saturated heterocycles. The van der Waals surface area contributed by atoms with Crippen molar-refractivity contribution in [3.05, 3.63) is 35.9 Å². The molecule has 0 bridgehead atoms. The van der Waals surface area contributed by atoms with Crippen LogP contribution in [0, 0.1) is 5.92 Å².